The monoisotopic (exact) mass is 1230 g/mol. The van der Waals surface area contributed by atoms with Crippen LogP contribution in [0.25, 0.3) is 0 Å². The molecule has 89 heavy (non-hydrogen) atoms. The molecule has 480 valence electrons. The molecule has 2 aliphatic rings. The number of nitrogens with zero attached hydrogens (tertiary/aromatic N) is 1. The Hall–Kier alpha value is -7.98. The van der Waals surface area contributed by atoms with E-state index in [1.54, 1.807) is 42.2 Å². The molecule has 2 amide bonds. The number of ether oxygens (including phenoxy) is 2. The normalized spacial score (nSPS) is 18.9. The molecule has 7 rings (SSSR count). The highest BCUT2D eigenvalue weighted by molar-refractivity contribution is 6.00. The number of hydrogen-bond donors (Lipinski definition) is 9. The summed E-state index contributed by atoms with van der Waals surface area (Å²) in [5.41, 5.74) is 15.3. The second-order valence-electron chi connectivity index (χ2n) is 22.1. The zero-order valence-electron chi connectivity index (χ0n) is 51.9. The number of carbonyl (C=O) groups excluding carboxylic acids is 1. The van der Waals surface area contributed by atoms with Crippen LogP contribution in [0.15, 0.2) is 161 Å². The maximum atomic E-state index is 14.7. The number of hydrogen-bond acceptors (Lipinski definition) is 11. The Balaban J connectivity index is 0.000000273. The Morgan fingerprint density at radius 3 is 1.79 bits per heavy atom. The fourth-order valence-electron chi connectivity index (χ4n) is 11.6. The molecule has 0 radical (unpaired) electrons. The van der Waals surface area contributed by atoms with Gasteiger partial charge in [-0.25, -0.2) is 31.9 Å². The van der Waals surface area contributed by atoms with E-state index in [2.05, 4.69) is 41.1 Å². The third kappa shape index (κ3) is 18.1. The van der Waals surface area contributed by atoms with Crippen molar-refractivity contribution in [1.82, 2.24) is 15.5 Å². The standard InChI is InChI=1S/C33H36F2N2O3.C28H41F2N3O4.C8H9NO3/c1-3-22-11-8-12-24(15-22)19-37-20-25(4-2)30-14-13-29(32(38)39)31(36)33(30,26-16-27(34)18-28(35)17-26)40-21-23-9-6-5-7-10-23;1-6-9-33(10-7-2)27(37)28(20-12-21(29)14-22(30)13-20)24(19(8-3)15-32-18(5)16-34)17(4)11-23(25(28)31)26(35)36;1-12-7-4-2-3-6(5-7)9-8(10)11/h5-18,25,31,37H,3-4,19-21,36H2,1-2H3,(H,38,39);11-14,18-19,25,32,34H,6-10,15-16,31H2,1-5H3,(H,35,36);2-5,9H,1H3,(H,10,11)/t25-,31-,33?;18-,19-,25+,28?;/m00./s1. The minimum atomic E-state index is -1.84. The van der Waals surface area contributed by atoms with Crippen LogP contribution in [-0.2, 0) is 49.7 Å². The topological polar surface area (TPSA) is 259 Å². The number of halogens is 4. The summed E-state index contributed by atoms with van der Waals surface area (Å²) in [5, 5.41) is 46.9. The largest absolute Gasteiger partial charge is 0.497 e. The predicted molar refractivity (Wildman–Crippen MR) is 337 cm³/mol. The number of allylic oxidation sites excluding steroid dienone is 4. The SMILES string of the molecule is CCCN(CCC)C(=O)C1(c2cc(F)cc(F)c2)C([C@@H](CC)CN[C@@H](C)CO)=C(C)C=C(C(=O)O)[C@H]1N.CCc1cccc(CNC[C@H](CC)C2=CC=C(C(=O)O)[C@H](N)C2(OCc2ccccc2)c2cc(F)cc(F)c2)c1.COc1cccc(NC(=O)O)c1. The van der Waals surface area contributed by atoms with E-state index >= 15 is 0 Å². The van der Waals surface area contributed by atoms with E-state index in [-0.39, 0.29) is 53.4 Å². The zero-order chi connectivity index (χ0) is 65.6. The molecule has 0 fully saturated rings. The van der Waals surface area contributed by atoms with E-state index in [1.807, 2.05) is 71.0 Å². The number of carboxylic acid groups (broad SMARTS) is 3. The summed E-state index contributed by atoms with van der Waals surface area (Å²) in [7, 11) is 1.53. The van der Waals surface area contributed by atoms with Crippen molar-refractivity contribution in [2.75, 3.05) is 45.2 Å². The molecule has 7 atom stereocenters. The van der Waals surface area contributed by atoms with Gasteiger partial charge in [0.2, 0.25) is 5.91 Å². The minimum absolute atomic E-state index is 0.00503. The number of carboxylic acids is 2. The van der Waals surface area contributed by atoms with Crippen molar-refractivity contribution in [3.8, 4) is 5.75 Å². The van der Waals surface area contributed by atoms with Gasteiger partial charge >= 0.3 is 18.0 Å². The van der Waals surface area contributed by atoms with Crippen molar-refractivity contribution < 1.29 is 66.6 Å². The van der Waals surface area contributed by atoms with Crippen LogP contribution in [0.3, 0.4) is 0 Å². The molecule has 5 aromatic carbocycles. The summed E-state index contributed by atoms with van der Waals surface area (Å²) in [6.07, 6.45) is 6.99. The lowest BCUT2D eigenvalue weighted by Gasteiger charge is -2.48. The van der Waals surface area contributed by atoms with E-state index in [0.717, 1.165) is 41.8 Å². The van der Waals surface area contributed by atoms with Crippen LogP contribution in [0.4, 0.5) is 28.0 Å². The van der Waals surface area contributed by atoms with E-state index in [0.29, 0.717) is 86.6 Å². The van der Waals surface area contributed by atoms with Crippen molar-refractivity contribution in [2.45, 2.75) is 123 Å². The van der Waals surface area contributed by atoms with Crippen molar-refractivity contribution >= 4 is 29.6 Å². The number of aliphatic hydroxyl groups is 1. The van der Waals surface area contributed by atoms with Crippen molar-refractivity contribution in [2.24, 2.45) is 23.3 Å². The highest BCUT2D eigenvalue weighted by Crippen LogP contribution is 2.50. The molecule has 0 heterocycles. The highest BCUT2D eigenvalue weighted by atomic mass is 19.1. The smallest absolute Gasteiger partial charge is 0.409 e. The molecule has 0 aromatic heterocycles. The lowest BCUT2D eigenvalue weighted by Crippen LogP contribution is -2.62. The zero-order valence-corrected chi connectivity index (χ0v) is 51.9. The molecule has 16 nitrogen and oxygen atoms in total. The van der Waals surface area contributed by atoms with Gasteiger partial charge in [-0.05, 0) is 151 Å². The van der Waals surface area contributed by atoms with Gasteiger partial charge in [0.1, 0.15) is 40.0 Å². The van der Waals surface area contributed by atoms with Gasteiger partial charge in [-0.2, -0.15) is 0 Å². The molecule has 20 heteroatoms. The first-order chi connectivity index (χ1) is 42.5. The van der Waals surface area contributed by atoms with E-state index in [4.69, 9.17) is 26.0 Å². The maximum absolute atomic E-state index is 14.7. The number of benzene rings is 5. The van der Waals surface area contributed by atoms with Gasteiger partial charge in [-0.1, -0.05) is 101 Å². The summed E-state index contributed by atoms with van der Waals surface area (Å²) in [6, 6.07) is 27.6. The Morgan fingerprint density at radius 1 is 0.674 bits per heavy atom. The lowest BCUT2D eigenvalue weighted by atomic mass is 9.58. The van der Waals surface area contributed by atoms with E-state index < -0.39 is 70.3 Å². The molecule has 2 unspecified atom stereocenters. The first kappa shape index (κ1) is 71.8. The molecule has 0 saturated carbocycles. The number of aliphatic hydroxyl groups excluding tert-OH is 1. The Bertz CT molecular complexity index is 3300. The summed E-state index contributed by atoms with van der Waals surface area (Å²) in [5.74, 6) is -6.21. The number of aliphatic carboxylic acids is 2. The molecule has 5 aromatic rings. The quantitative estimate of drug-likeness (QED) is 0.0222. The van der Waals surface area contributed by atoms with Gasteiger partial charge in [0.25, 0.3) is 0 Å². The number of rotatable bonds is 27. The van der Waals surface area contributed by atoms with Gasteiger partial charge in [0.05, 0.1) is 43.6 Å². The Morgan fingerprint density at radius 2 is 1.25 bits per heavy atom. The molecule has 0 aliphatic heterocycles. The fraction of sp³-hybridized carbons (Fsp3) is 0.391. The van der Waals surface area contributed by atoms with Gasteiger partial charge < -0.3 is 56.9 Å². The third-order valence-electron chi connectivity index (χ3n) is 16.0. The second kappa shape index (κ2) is 34.1. The minimum Gasteiger partial charge on any atom is -0.497 e. The molecule has 0 bridgehead atoms. The maximum Gasteiger partial charge on any atom is 0.409 e. The van der Waals surface area contributed by atoms with Gasteiger partial charge in [-0.3, -0.25) is 10.1 Å². The first-order valence-corrected chi connectivity index (χ1v) is 30.0. The molecular weight excluding hydrogens is 1150 g/mol. The van der Waals surface area contributed by atoms with Crippen LogP contribution in [-0.4, -0.2) is 107 Å². The molecule has 0 saturated heterocycles. The lowest BCUT2D eigenvalue weighted by molar-refractivity contribution is -0.138. The number of nitrogens with two attached hydrogens (primary N) is 2. The summed E-state index contributed by atoms with van der Waals surface area (Å²) >= 11 is 0. The van der Waals surface area contributed by atoms with Crippen LogP contribution in [0.2, 0.25) is 0 Å². The first-order valence-electron chi connectivity index (χ1n) is 30.0. The van der Waals surface area contributed by atoms with Crippen molar-refractivity contribution in [3.05, 3.63) is 212 Å². The van der Waals surface area contributed by atoms with Crippen LogP contribution in [0.5, 0.6) is 5.75 Å². The predicted octanol–water partition coefficient (Wildman–Crippen LogP) is 11.3. The molecular formula is C69H86F4N6O10. The number of amides is 2. The number of anilines is 1. The van der Waals surface area contributed by atoms with Gasteiger partial charge in [0.15, 0.2) is 0 Å². The summed E-state index contributed by atoms with van der Waals surface area (Å²) in [4.78, 5) is 51.0. The fourth-order valence-corrected chi connectivity index (χ4v) is 11.6. The average Bonchev–Trinajstić information content (AvgIpc) is 0.735. The van der Waals surface area contributed by atoms with Crippen LogP contribution in [0, 0.1) is 35.1 Å². The van der Waals surface area contributed by atoms with Gasteiger partial charge in [-0.15, -0.1) is 0 Å². The number of nitrogens with one attached hydrogen (secondary N) is 3. The summed E-state index contributed by atoms with van der Waals surface area (Å²) < 4.78 is 70.2. The van der Waals surface area contributed by atoms with Crippen LogP contribution in [0.1, 0.15) is 102 Å². The molecule has 0 spiro atoms. The second-order valence-corrected chi connectivity index (χ2v) is 22.1. The van der Waals surface area contributed by atoms with Gasteiger partial charge in [0, 0.05) is 62.7 Å². The molecule has 11 N–H and O–H groups in total. The Labute approximate surface area is 519 Å². The van der Waals surface area contributed by atoms with Crippen molar-refractivity contribution in [1.29, 1.82) is 0 Å². The van der Waals surface area contributed by atoms with E-state index in [9.17, 15) is 52.1 Å². The van der Waals surface area contributed by atoms with Crippen LogP contribution < -0.4 is 32.2 Å². The van der Waals surface area contributed by atoms with Crippen LogP contribution >= 0.6 is 0 Å². The number of aryl methyl sites for hydroxylation is 1. The third-order valence-corrected chi connectivity index (χ3v) is 16.0. The highest BCUT2D eigenvalue weighted by Gasteiger charge is 2.57. The molecule has 2 aliphatic carbocycles. The average molecular weight is 1240 g/mol. The van der Waals surface area contributed by atoms with E-state index in [1.165, 1.54) is 37.0 Å². The number of methoxy groups -OCH3 is 1. The number of carbonyl (C=O) groups is 4. The van der Waals surface area contributed by atoms with Crippen molar-refractivity contribution in [3.63, 3.8) is 0 Å². The summed E-state index contributed by atoms with van der Waals surface area (Å²) in [6.45, 7) is 15.7. The Kier molecular flexibility index (Phi) is 27.5.